The van der Waals surface area contributed by atoms with Crippen LogP contribution in [0, 0.1) is 0 Å². The highest BCUT2D eigenvalue weighted by Gasteiger charge is 2.28. The van der Waals surface area contributed by atoms with Gasteiger partial charge in [0.25, 0.3) is 0 Å². The molecule has 0 aromatic carbocycles. The number of nitrogens with one attached hydrogen (secondary N) is 1. The monoisotopic (exact) mass is 800 g/mol. The Hall–Kier alpha value is -1.02. The molecule has 3 N–H and O–H groups in total. The highest BCUT2D eigenvalue weighted by molar-refractivity contribution is 7.47. The van der Waals surface area contributed by atoms with Crippen LogP contribution < -0.4 is 5.32 Å². The van der Waals surface area contributed by atoms with Crippen molar-refractivity contribution in [1.29, 1.82) is 0 Å². The van der Waals surface area contributed by atoms with E-state index in [-0.39, 0.29) is 25.5 Å². The molecule has 326 valence electrons. The van der Waals surface area contributed by atoms with E-state index in [1.165, 1.54) is 148 Å². The Labute approximate surface area is 341 Å². The van der Waals surface area contributed by atoms with Crippen molar-refractivity contribution < 1.29 is 32.9 Å². The van der Waals surface area contributed by atoms with Crippen molar-refractivity contribution in [2.75, 3.05) is 40.9 Å². The lowest BCUT2D eigenvalue weighted by Crippen LogP contribution is -2.46. The summed E-state index contributed by atoms with van der Waals surface area (Å²) in [6.07, 6.45) is 45.1. The first-order valence-electron chi connectivity index (χ1n) is 23.2. The second kappa shape index (κ2) is 38.5. The summed E-state index contributed by atoms with van der Waals surface area (Å²) in [6.45, 7) is 4.84. The van der Waals surface area contributed by atoms with Gasteiger partial charge in [-0.2, -0.15) is 0 Å². The van der Waals surface area contributed by atoms with Crippen molar-refractivity contribution in [3.05, 3.63) is 24.3 Å². The lowest BCUT2D eigenvalue weighted by molar-refractivity contribution is -0.870. The van der Waals surface area contributed by atoms with E-state index in [1.807, 2.05) is 27.2 Å². The summed E-state index contributed by atoms with van der Waals surface area (Å²) in [5, 5.41) is 13.9. The third kappa shape index (κ3) is 41.0. The minimum Gasteiger partial charge on any atom is -0.391 e. The highest BCUT2D eigenvalue weighted by Crippen LogP contribution is 2.43. The Kier molecular flexibility index (Phi) is 37.8. The van der Waals surface area contributed by atoms with Crippen LogP contribution in [0.15, 0.2) is 24.3 Å². The second-order valence-corrected chi connectivity index (χ2v) is 18.6. The van der Waals surface area contributed by atoms with Crippen LogP contribution in [0.5, 0.6) is 0 Å². The van der Waals surface area contributed by atoms with Crippen LogP contribution in [0.25, 0.3) is 0 Å². The van der Waals surface area contributed by atoms with Crippen LogP contribution >= 0.6 is 7.82 Å². The zero-order valence-electron chi connectivity index (χ0n) is 36.9. The lowest BCUT2D eigenvalue weighted by Gasteiger charge is -2.26. The number of aliphatic hydroxyl groups is 1. The number of amides is 1. The largest absolute Gasteiger partial charge is 0.472 e. The summed E-state index contributed by atoms with van der Waals surface area (Å²) in [6, 6.07) is -0.788. The molecule has 0 fully saturated rings. The number of allylic oxidation sites excluding steroid dienone is 4. The predicted octanol–water partition coefficient (Wildman–Crippen LogP) is 12.9. The standard InChI is InChI=1S/C46H91N2O6P/c1-6-8-10-12-14-16-18-20-21-22-23-24-25-26-28-29-31-33-35-37-39-45(49)44(43-54-55(51,52)53-42-41-48(3,4)5)47-46(50)40-38-36-34-32-30-27-19-17-15-13-11-9-7-2/h27,30,34,36,44-45,49H,6-26,28-29,31-33,35,37-43H2,1-5H3,(H-,47,50,51,52)/p+1/b30-27-,36-34-. The SMILES string of the molecule is CCCCCCCC/C=C\C/C=C\CCC(=O)NC(COP(=O)(O)OCC[N+](C)(C)C)C(O)CCCCCCCCCCCCCCCCCCCCCC. The van der Waals surface area contributed by atoms with Gasteiger partial charge in [0.15, 0.2) is 0 Å². The number of phosphoric ester groups is 1. The van der Waals surface area contributed by atoms with Gasteiger partial charge in [0.1, 0.15) is 13.2 Å². The van der Waals surface area contributed by atoms with Crippen molar-refractivity contribution in [3.8, 4) is 0 Å². The fraction of sp³-hybridized carbons (Fsp3) is 0.891. The molecular weight excluding hydrogens is 707 g/mol. The van der Waals surface area contributed by atoms with Crippen LogP contribution in [-0.4, -0.2) is 73.4 Å². The number of likely N-dealkylation sites (N-methyl/N-ethyl adjacent to an activating group) is 1. The van der Waals surface area contributed by atoms with Crippen molar-refractivity contribution >= 4 is 13.7 Å². The van der Waals surface area contributed by atoms with Crippen molar-refractivity contribution in [1.82, 2.24) is 5.32 Å². The molecule has 0 aliphatic carbocycles. The summed E-state index contributed by atoms with van der Waals surface area (Å²) in [7, 11) is 1.59. The second-order valence-electron chi connectivity index (χ2n) is 17.1. The number of phosphoric acid groups is 1. The van der Waals surface area contributed by atoms with Gasteiger partial charge in [-0.05, 0) is 32.1 Å². The number of aliphatic hydroxyl groups excluding tert-OH is 1. The first-order valence-corrected chi connectivity index (χ1v) is 24.7. The molecule has 0 aromatic heterocycles. The fourth-order valence-corrected chi connectivity index (χ4v) is 7.48. The Balaban J connectivity index is 4.35. The third-order valence-corrected chi connectivity index (χ3v) is 11.5. The number of quaternary nitrogens is 1. The Morgan fingerprint density at radius 1 is 0.618 bits per heavy atom. The lowest BCUT2D eigenvalue weighted by atomic mass is 10.0. The number of rotatable bonds is 42. The van der Waals surface area contributed by atoms with E-state index in [0.717, 1.165) is 32.1 Å². The van der Waals surface area contributed by atoms with E-state index in [2.05, 4.69) is 37.4 Å². The van der Waals surface area contributed by atoms with E-state index in [4.69, 9.17) is 9.05 Å². The molecule has 3 atom stereocenters. The fourth-order valence-electron chi connectivity index (χ4n) is 6.74. The van der Waals surface area contributed by atoms with Crippen molar-refractivity contribution in [3.63, 3.8) is 0 Å². The number of carbonyl (C=O) groups is 1. The Bertz CT molecular complexity index is 953. The summed E-state index contributed by atoms with van der Waals surface area (Å²) in [4.78, 5) is 23.1. The van der Waals surface area contributed by atoms with Crippen molar-refractivity contribution in [2.24, 2.45) is 0 Å². The normalized spacial score (nSPS) is 14.5. The van der Waals surface area contributed by atoms with Crippen LogP contribution in [0.3, 0.4) is 0 Å². The molecule has 0 bridgehead atoms. The summed E-state index contributed by atoms with van der Waals surface area (Å²) < 4.78 is 23.6. The van der Waals surface area contributed by atoms with Crippen LogP contribution in [-0.2, 0) is 18.4 Å². The Morgan fingerprint density at radius 2 is 1.04 bits per heavy atom. The summed E-state index contributed by atoms with van der Waals surface area (Å²) in [5.41, 5.74) is 0. The molecule has 0 rings (SSSR count). The zero-order chi connectivity index (χ0) is 40.7. The molecule has 0 aliphatic heterocycles. The van der Waals surface area contributed by atoms with Crippen LogP contribution in [0.4, 0.5) is 0 Å². The van der Waals surface area contributed by atoms with E-state index in [9.17, 15) is 19.4 Å². The van der Waals surface area contributed by atoms with Gasteiger partial charge >= 0.3 is 7.82 Å². The molecule has 0 saturated heterocycles. The highest BCUT2D eigenvalue weighted by atomic mass is 31.2. The molecule has 0 heterocycles. The molecule has 0 saturated carbocycles. The third-order valence-electron chi connectivity index (χ3n) is 10.5. The number of hydrogen-bond donors (Lipinski definition) is 3. The molecule has 0 aliphatic rings. The molecule has 3 unspecified atom stereocenters. The van der Waals surface area contributed by atoms with E-state index in [0.29, 0.717) is 23.9 Å². The molecule has 0 spiro atoms. The van der Waals surface area contributed by atoms with Gasteiger partial charge in [-0.1, -0.05) is 199 Å². The number of nitrogens with zero attached hydrogens (tertiary/aromatic N) is 1. The maximum Gasteiger partial charge on any atom is 0.472 e. The zero-order valence-corrected chi connectivity index (χ0v) is 37.8. The van der Waals surface area contributed by atoms with E-state index in [1.54, 1.807) is 0 Å². The average Bonchev–Trinajstić information content (AvgIpc) is 3.13. The van der Waals surface area contributed by atoms with E-state index >= 15 is 0 Å². The molecule has 55 heavy (non-hydrogen) atoms. The number of unbranched alkanes of at least 4 members (excludes halogenated alkanes) is 25. The quantitative estimate of drug-likeness (QED) is 0.0246. The van der Waals surface area contributed by atoms with Gasteiger partial charge in [0, 0.05) is 6.42 Å². The predicted molar refractivity (Wildman–Crippen MR) is 235 cm³/mol. The summed E-state index contributed by atoms with van der Waals surface area (Å²) >= 11 is 0. The first-order chi connectivity index (χ1) is 26.5. The average molecular weight is 800 g/mol. The Morgan fingerprint density at radius 3 is 1.49 bits per heavy atom. The van der Waals surface area contributed by atoms with Crippen LogP contribution in [0.1, 0.15) is 213 Å². The molecule has 1 amide bonds. The smallest absolute Gasteiger partial charge is 0.391 e. The first kappa shape index (κ1) is 54.0. The van der Waals surface area contributed by atoms with Gasteiger partial charge < -0.3 is 19.8 Å². The van der Waals surface area contributed by atoms with Crippen molar-refractivity contribution in [2.45, 2.75) is 225 Å². The van der Waals surface area contributed by atoms with Gasteiger partial charge in [-0.3, -0.25) is 13.8 Å². The van der Waals surface area contributed by atoms with Gasteiger partial charge in [0.05, 0.1) is 39.9 Å². The molecule has 0 radical (unpaired) electrons. The topological polar surface area (TPSA) is 105 Å². The maximum atomic E-state index is 12.8. The minimum absolute atomic E-state index is 0.0663. The molecule has 9 heteroatoms. The van der Waals surface area contributed by atoms with E-state index < -0.39 is 20.0 Å². The van der Waals surface area contributed by atoms with Gasteiger partial charge in [-0.15, -0.1) is 0 Å². The van der Waals surface area contributed by atoms with Gasteiger partial charge in [-0.25, -0.2) is 4.57 Å². The molecule has 8 nitrogen and oxygen atoms in total. The van der Waals surface area contributed by atoms with Gasteiger partial charge in [0.2, 0.25) is 5.91 Å². The molecule has 0 aromatic rings. The minimum atomic E-state index is -4.32. The number of hydrogen-bond acceptors (Lipinski definition) is 5. The molecular formula is C46H92N2O6P+. The summed E-state index contributed by atoms with van der Waals surface area (Å²) in [5.74, 6) is -0.210. The number of carbonyl (C=O) groups excluding carboxylic acids is 1. The maximum absolute atomic E-state index is 12.8. The van der Waals surface area contributed by atoms with Crippen LogP contribution in [0.2, 0.25) is 0 Å².